The molecule has 0 radical (unpaired) electrons. The van der Waals surface area contributed by atoms with Crippen LogP contribution >= 0.6 is 25.8 Å². The SMILES string of the molecule is CC(CCCOC(C)COS)OS. The summed E-state index contributed by atoms with van der Waals surface area (Å²) in [6, 6.07) is 0. The molecule has 5 heteroatoms. The predicted molar refractivity (Wildman–Crippen MR) is 59.1 cm³/mol. The standard InChI is InChI=1S/C8H18O3S2/c1-7(11-13)4-3-5-9-8(2)6-10-12/h7-8,12-13H,3-6H2,1-2H3. The zero-order chi connectivity index (χ0) is 10.1. The van der Waals surface area contributed by atoms with E-state index in [0.717, 1.165) is 19.4 Å². The lowest BCUT2D eigenvalue weighted by molar-refractivity contribution is 0.0332. The van der Waals surface area contributed by atoms with E-state index in [1.54, 1.807) is 0 Å². The van der Waals surface area contributed by atoms with Crippen molar-refractivity contribution in [2.75, 3.05) is 13.2 Å². The van der Waals surface area contributed by atoms with E-state index in [2.05, 4.69) is 30.0 Å². The fraction of sp³-hybridized carbons (Fsp3) is 1.00. The minimum atomic E-state index is 0.102. The Morgan fingerprint density at radius 2 is 1.85 bits per heavy atom. The Labute approximate surface area is 91.4 Å². The van der Waals surface area contributed by atoms with Crippen LogP contribution in [0, 0.1) is 0 Å². The molecule has 0 fully saturated rings. The van der Waals surface area contributed by atoms with Crippen LogP contribution in [0.5, 0.6) is 0 Å². The molecule has 0 N–H and O–H groups in total. The van der Waals surface area contributed by atoms with Crippen molar-refractivity contribution >= 4 is 25.8 Å². The van der Waals surface area contributed by atoms with Gasteiger partial charge in [0, 0.05) is 6.61 Å². The van der Waals surface area contributed by atoms with Gasteiger partial charge in [0.15, 0.2) is 0 Å². The van der Waals surface area contributed by atoms with Crippen molar-refractivity contribution in [3.8, 4) is 0 Å². The van der Waals surface area contributed by atoms with Crippen molar-refractivity contribution in [2.45, 2.75) is 38.9 Å². The molecule has 0 aromatic rings. The minimum Gasteiger partial charge on any atom is -0.376 e. The highest BCUT2D eigenvalue weighted by Gasteiger charge is 2.03. The van der Waals surface area contributed by atoms with E-state index >= 15 is 0 Å². The zero-order valence-corrected chi connectivity index (χ0v) is 9.89. The molecule has 0 saturated carbocycles. The third-order valence-electron chi connectivity index (χ3n) is 1.65. The molecule has 0 aromatic heterocycles. The first-order chi connectivity index (χ1) is 6.20. The van der Waals surface area contributed by atoms with Crippen LogP contribution < -0.4 is 0 Å². The summed E-state index contributed by atoms with van der Waals surface area (Å²) in [4.78, 5) is 0. The van der Waals surface area contributed by atoms with Crippen LogP contribution in [0.4, 0.5) is 0 Å². The second kappa shape index (κ2) is 9.15. The summed E-state index contributed by atoms with van der Waals surface area (Å²) in [5.74, 6) is 0. The second-order valence-corrected chi connectivity index (χ2v) is 3.50. The minimum absolute atomic E-state index is 0.102. The summed E-state index contributed by atoms with van der Waals surface area (Å²) in [6.07, 6.45) is 2.21. The van der Waals surface area contributed by atoms with Gasteiger partial charge in [0.05, 0.1) is 18.8 Å². The molecule has 13 heavy (non-hydrogen) atoms. The number of ether oxygens (including phenoxy) is 1. The van der Waals surface area contributed by atoms with Gasteiger partial charge in [-0.2, -0.15) is 0 Å². The molecule has 0 amide bonds. The molecular weight excluding hydrogens is 208 g/mol. The van der Waals surface area contributed by atoms with Crippen molar-refractivity contribution in [3.63, 3.8) is 0 Å². The number of hydrogen-bond donors (Lipinski definition) is 2. The molecule has 80 valence electrons. The Hall–Kier alpha value is 0.580. The van der Waals surface area contributed by atoms with E-state index in [1.165, 1.54) is 0 Å². The molecule has 0 aliphatic carbocycles. The van der Waals surface area contributed by atoms with Gasteiger partial charge in [0.2, 0.25) is 0 Å². The van der Waals surface area contributed by atoms with Crippen LogP contribution in [0.25, 0.3) is 0 Å². The van der Waals surface area contributed by atoms with Gasteiger partial charge in [-0.15, -0.1) is 0 Å². The first-order valence-electron chi connectivity index (χ1n) is 4.39. The molecule has 0 aliphatic rings. The molecule has 0 aliphatic heterocycles. The summed E-state index contributed by atoms with van der Waals surface area (Å²) in [5, 5.41) is 0. The average molecular weight is 226 g/mol. The van der Waals surface area contributed by atoms with Gasteiger partial charge in [0.25, 0.3) is 0 Å². The quantitative estimate of drug-likeness (QED) is 0.378. The van der Waals surface area contributed by atoms with Crippen LogP contribution in [0.15, 0.2) is 0 Å². The number of rotatable bonds is 8. The Bertz CT molecular complexity index is 114. The van der Waals surface area contributed by atoms with E-state index in [9.17, 15) is 0 Å². The van der Waals surface area contributed by atoms with Gasteiger partial charge in [-0.05, 0) is 52.5 Å². The fourth-order valence-corrected chi connectivity index (χ4v) is 1.18. The molecular formula is C8H18O3S2. The molecule has 0 spiro atoms. The maximum Gasteiger partial charge on any atom is 0.0870 e. The molecule has 0 rings (SSSR count). The summed E-state index contributed by atoms with van der Waals surface area (Å²) >= 11 is 7.36. The molecule has 0 bridgehead atoms. The molecule has 2 unspecified atom stereocenters. The lowest BCUT2D eigenvalue weighted by Gasteiger charge is -2.12. The highest BCUT2D eigenvalue weighted by molar-refractivity contribution is 7.75. The van der Waals surface area contributed by atoms with E-state index in [0.29, 0.717) is 6.61 Å². The van der Waals surface area contributed by atoms with Gasteiger partial charge in [-0.25, -0.2) is 0 Å². The molecule has 0 heterocycles. The van der Waals surface area contributed by atoms with E-state index < -0.39 is 0 Å². The summed E-state index contributed by atoms with van der Waals surface area (Å²) < 4.78 is 14.9. The summed E-state index contributed by atoms with van der Waals surface area (Å²) in [7, 11) is 0. The first-order valence-corrected chi connectivity index (χ1v) is 5.12. The first kappa shape index (κ1) is 13.6. The van der Waals surface area contributed by atoms with Crippen molar-refractivity contribution in [3.05, 3.63) is 0 Å². The number of thiol groups is 2. The van der Waals surface area contributed by atoms with Gasteiger partial charge < -0.3 is 13.1 Å². The third-order valence-corrected chi connectivity index (χ3v) is 2.16. The molecule has 2 atom stereocenters. The topological polar surface area (TPSA) is 27.7 Å². The largest absolute Gasteiger partial charge is 0.376 e. The van der Waals surface area contributed by atoms with Crippen LogP contribution in [0.1, 0.15) is 26.7 Å². The van der Waals surface area contributed by atoms with Crippen LogP contribution in [-0.2, 0) is 13.1 Å². The van der Waals surface area contributed by atoms with E-state index in [1.807, 2.05) is 13.8 Å². The number of hydrogen-bond acceptors (Lipinski definition) is 5. The Kier molecular flexibility index (Phi) is 9.56. The molecule has 3 nitrogen and oxygen atoms in total. The lowest BCUT2D eigenvalue weighted by Crippen LogP contribution is -2.15. The maximum absolute atomic E-state index is 5.42. The Balaban J connectivity index is 3.15. The van der Waals surface area contributed by atoms with Crippen molar-refractivity contribution in [1.29, 1.82) is 0 Å². The normalized spacial score (nSPS) is 15.7. The van der Waals surface area contributed by atoms with Crippen LogP contribution in [-0.4, -0.2) is 25.4 Å². The predicted octanol–water partition coefficient (Wildman–Crippen LogP) is 2.28. The fourth-order valence-electron chi connectivity index (χ4n) is 0.861. The van der Waals surface area contributed by atoms with Gasteiger partial charge in [-0.1, -0.05) is 0 Å². The zero-order valence-electron chi connectivity index (χ0n) is 8.10. The van der Waals surface area contributed by atoms with Gasteiger partial charge >= 0.3 is 0 Å². The van der Waals surface area contributed by atoms with Gasteiger partial charge in [0.1, 0.15) is 0 Å². The highest BCUT2D eigenvalue weighted by Crippen LogP contribution is 2.04. The van der Waals surface area contributed by atoms with E-state index in [4.69, 9.17) is 8.92 Å². The maximum atomic E-state index is 5.42. The Morgan fingerprint density at radius 3 is 2.38 bits per heavy atom. The van der Waals surface area contributed by atoms with Crippen LogP contribution in [0.2, 0.25) is 0 Å². The highest BCUT2D eigenvalue weighted by atomic mass is 32.1. The van der Waals surface area contributed by atoms with Crippen molar-refractivity contribution in [2.24, 2.45) is 0 Å². The van der Waals surface area contributed by atoms with Crippen molar-refractivity contribution < 1.29 is 13.1 Å². The van der Waals surface area contributed by atoms with E-state index in [-0.39, 0.29) is 12.2 Å². The monoisotopic (exact) mass is 226 g/mol. The second-order valence-electron chi connectivity index (χ2n) is 3.04. The van der Waals surface area contributed by atoms with Gasteiger partial charge in [-0.3, -0.25) is 0 Å². The third kappa shape index (κ3) is 8.90. The molecule has 0 aromatic carbocycles. The summed E-state index contributed by atoms with van der Waals surface area (Å²) in [6.45, 7) is 5.17. The molecule has 0 saturated heterocycles. The Morgan fingerprint density at radius 1 is 1.15 bits per heavy atom. The lowest BCUT2D eigenvalue weighted by atomic mass is 10.2. The smallest absolute Gasteiger partial charge is 0.0870 e. The average Bonchev–Trinajstić information content (AvgIpc) is 2.12. The van der Waals surface area contributed by atoms with Crippen molar-refractivity contribution in [1.82, 2.24) is 0 Å². The summed E-state index contributed by atoms with van der Waals surface area (Å²) in [5.41, 5.74) is 0. The van der Waals surface area contributed by atoms with Crippen LogP contribution in [0.3, 0.4) is 0 Å².